The molecule has 1 heterocycles. The fourth-order valence-electron chi connectivity index (χ4n) is 2.50. The maximum atomic E-state index is 12.5. The first kappa shape index (κ1) is 21.1. The van der Waals surface area contributed by atoms with E-state index in [2.05, 4.69) is 45.2 Å². The highest BCUT2D eigenvalue weighted by Crippen LogP contribution is 2.36. The molecule has 1 fully saturated rings. The number of imide groups is 1. The lowest BCUT2D eigenvalue weighted by molar-refractivity contribution is -0.127. The van der Waals surface area contributed by atoms with Crippen LogP contribution in [0.25, 0.3) is 6.08 Å². The molecule has 28 heavy (non-hydrogen) atoms. The third-order valence-corrected chi connectivity index (χ3v) is 6.07. The zero-order valence-corrected chi connectivity index (χ0v) is 19.5. The van der Waals surface area contributed by atoms with Crippen molar-refractivity contribution in [2.24, 2.45) is 5.73 Å². The number of nitrogens with two attached hydrogens (primary N) is 1. The molecule has 6 nitrogen and oxygen atoms in total. The highest BCUT2D eigenvalue weighted by molar-refractivity contribution is 14.1. The van der Waals surface area contributed by atoms with Crippen molar-refractivity contribution in [1.29, 1.82) is 0 Å². The van der Waals surface area contributed by atoms with Crippen molar-refractivity contribution in [2.45, 2.75) is 6.61 Å². The Hall–Kier alpha value is -1.60. The standard InChI is InChI=1S/C19H14I2N2O4S/c20-13-6-12(7-15-18(25)23(9-16(22)24)19(26)28-15)17(14(21)8-13)27-10-11-4-2-1-3-5-11/h1-8H,9-10H2,(H2,22,24)/b15-7-. The minimum Gasteiger partial charge on any atom is -0.487 e. The highest BCUT2D eigenvalue weighted by atomic mass is 127. The topological polar surface area (TPSA) is 89.7 Å². The molecule has 144 valence electrons. The molecule has 2 aromatic carbocycles. The largest absolute Gasteiger partial charge is 0.487 e. The smallest absolute Gasteiger partial charge is 0.294 e. The minimum absolute atomic E-state index is 0.230. The van der Waals surface area contributed by atoms with Crippen LogP contribution in [0.5, 0.6) is 5.75 Å². The van der Waals surface area contributed by atoms with E-state index in [-0.39, 0.29) is 4.91 Å². The maximum absolute atomic E-state index is 12.5. The molecule has 1 aliphatic rings. The van der Waals surface area contributed by atoms with Crippen molar-refractivity contribution in [3.8, 4) is 5.75 Å². The van der Waals surface area contributed by atoms with Gasteiger partial charge < -0.3 is 10.5 Å². The number of ether oxygens (including phenoxy) is 1. The number of carbonyl (C=O) groups is 3. The van der Waals surface area contributed by atoms with Gasteiger partial charge in [-0.3, -0.25) is 19.3 Å². The van der Waals surface area contributed by atoms with Gasteiger partial charge in [-0.25, -0.2) is 0 Å². The molecule has 0 bridgehead atoms. The van der Waals surface area contributed by atoms with E-state index in [4.69, 9.17) is 10.5 Å². The zero-order chi connectivity index (χ0) is 20.3. The number of hydrogen-bond donors (Lipinski definition) is 1. The summed E-state index contributed by atoms with van der Waals surface area (Å²) in [6, 6.07) is 13.6. The average Bonchev–Trinajstić information content (AvgIpc) is 2.89. The third kappa shape index (κ3) is 5.06. The molecular formula is C19H14I2N2O4S. The number of benzene rings is 2. The molecule has 0 unspecified atom stereocenters. The molecule has 2 aromatic rings. The second-order valence-corrected chi connectivity index (χ2v) is 9.22. The summed E-state index contributed by atoms with van der Waals surface area (Å²) in [5, 5.41) is -0.512. The van der Waals surface area contributed by atoms with Crippen LogP contribution < -0.4 is 10.5 Å². The fourth-order valence-corrected chi connectivity index (χ4v) is 5.38. The molecule has 0 saturated carbocycles. The van der Waals surface area contributed by atoms with Gasteiger partial charge >= 0.3 is 0 Å². The van der Waals surface area contributed by atoms with Crippen molar-refractivity contribution in [3.05, 3.63) is 65.6 Å². The number of amides is 3. The van der Waals surface area contributed by atoms with E-state index >= 15 is 0 Å². The van der Waals surface area contributed by atoms with Gasteiger partial charge in [-0.1, -0.05) is 30.3 Å². The molecule has 0 aromatic heterocycles. The van der Waals surface area contributed by atoms with Crippen molar-refractivity contribution in [3.63, 3.8) is 0 Å². The monoisotopic (exact) mass is 620 g/mol. The van der Waals surface area contributed by atoms with Crippen molar-refractivity contribution in [2.75, 3.05) is 6.54 Å². The Morgan fingerprint density at radius 3 is 2.57 bits per heavy atom. The number of halogens is 2. The van der Waals surface area contributed by atoms with Gasteiger partial charge in [-0.05, 0) is 80.7 Å². The number of hydrogen-bond acceptors (Lipinski definition) is 5. The van der Waals surface area contributed by atoms with Gasteiger partial charge in [0.2, 0.25) is 5.91 Å². The van der Waals surface area contributed by atoms with Crippen LogP contribution in [0.2, 0.25) is 0 Å². The van der Waals surface area contributed by atoms with E-state index in [0.717, 1.165) is 29.4 Å². The number of carbonyl (C=O) groups excluding carboxylic acids is 3. The Morgan fingerprint density at radius 2 is 1.89 bits per heavy atom. The molecule has 0 radical (unpaired) electrons. The summed E-state index contributed by atoms with van der Waals surface area (Å²) in [6.07, 6.45) is 1.62. The first-order valence-electron chi connectivity index (χ1n) is 8.04. The van der Waals surface area contributed by atoms with E-state index in [1.165, 1.54) is 0 Å². The minimum atomic E-state index is -0.737. The first-order valence-corrected chi connectivity index (χ1v) is 11.0. The number of rotatable bonds is 6. The molecular weight excluding hydrogens is 606 g/mol. The Kier molecular flexibility index (Phi) is 6.99. The van der Waals surface area contributed by atoms with Gasteiger partial charge in [0, 0.05) is 9.13 Å². The van der Waals surface area contributed by atoms with Gasteiger partial charge in [0.1, 0.15) is 18.9 Å². The lowest BCUT2D eigenvalue weighted by atomic mass is 10.1. The highest BCUT2D eigenvalue weighted by Gasteiger charge is 2.36. The molecule has 3 amide bonds. The van der Waals surface area contributed by atoms with E-state index < -0.39 is 23.6 Å². The molecule has 1 aliphatic heterocycles. The quantitative estimate of drug-likeness (QED) is 0.390. The average molecular weight is 620 g/mol. The normalized spacial score (nSPS) is 15.4. The maximum Gasteiger partial charge on any atom is 0.294 e. The van der Waals surface area contributed by atoms with Crippen LogP contribution >= 0.6 is 56.9 Å². The Labute approximate surface area is 193 Å². The summed E-state index contributed by atoms with van der Waals surface area (Å²) in [6.45, 7) is -0.0509. The van der Waals surface area contributed by atoms with Crippen molar-refractivity contribution in [1.82, 2.24) is 4.90 Å². The van der Waals surface area contributed by atoms with Gasteiger partial charge in [-0.2, -0.15) is 0 Å². The Morgan fingerprint density at radius 1 is 1.18 bits per heavy atom. The molecule has 1 saturated heterocycles. The van der Waals surface area contributed by atoms with Gasteiger partial charge in [0.15, 0.2) is 0 Å². The van der Waals surface area contributed by atoms with Crippen molar-refractivity contribution < 1.29 is 19.1 Å². The molecule has 2 N–H and O–H groups in total. The second kappa shape index (κ2) is 9.27. The summed E-state index contributed by atoms with van der Waals surface area (Å²) in [4.78, 5) is 36.7. The zero-order valence-electron chi connectivity index (χ0n) is 14.4. The van der Waals surface area contributed by atoms with Crippen LogP contribution in [0.15, 0.2) is 47.4 Å². The second-order valence-electron chi connectivity index (χ2n) is 5.81. The summed E-state index contributed by atoms with van der Waals surface area (Å²) >= 11 is 5.15. The van der Waals surface area contributed by atoms with E-state index in [9.17, 15) is 14.4 Å². The number of primary amides is 1. The number of nitrogens with zero attached hydrogens (tertiary/aromatic N) is 1. The van der Waals surface area contributed by atoms with Gasteiger partial charge in [0.25, 0.3) is 11.1 Å². The molecule has 0 atom stereocenters. The SMILES string of the molecule is NC(=O)CN1C(=O)S/C(=C\c2cc(I)cc(I)c2OCc2ccccc2)C1=O. The van der Waals surface area contributed by atoms with Crippen LogP contribution in [-0.2, 0) is 16.2 Å². The summed E-state index contributed by atoms with van der Waals surface area (Å²) in [5.41, 5.74) is 6.83. The Balaban J connectivity index is 1.91. The summed E-state index contributed by atoms with van der Waals surface area (Å²) in [7, 11) is 0. The first-order chi connectivity index (χ1) is 13.3. The van der Waals surface area contributed by atoms with Crippen LogP contribution in [0.4, 0.5) is 4.79 Å². The molecule has 0 aliphatic carbocycles. The third-order valence-electron chi connectivity index (χ3n) is 3.74. The summed E-state index contributed by atoms with van der Waals surface area (Å²) in [5.74, 6) is -0.637. The van der Waals surface area contributed by atoms with E-state index in [1.807, 2.05) is 42.5 Å². The van der Waals surface area contributed by atoms with Crippen LogP contribution in [-0.4, -0.2) is 28.5 Å². The summed E-state index contributed by atoms with van der Waals surface area (Å²) < 4.78 is 7.88. The fraction of sp³-hybridized carbons (Fsp3) is 0.105. The molecule has 9 heteroatoms. The van der Waals surface area contributed by atoms with Crippen LogP contribution in [0, 0.1) is 7.14 Å². The van der Waals surface area contributed by atoms with E-state index in [1.54, 1.807) is 6.08 Å². The van der Waals surface area contributed by atoms with E-state index in [0.29, 0.717) is 17.9 Å². The Bertz CT molecular complexity index is 979. The molecule has 0 spiro atoms. The molecule has 3 rings (SSSR count). The van der Waals surface area contributed by atoms with Crippen molar-refractivity contribution >= 4 is 80.1 Å². The lowest BCUT2D eigenvalue weighted by Crippen LogP contribution is -2.36. The van der Waals surface area contributed by atoms with Crippen LogP contribution in [0.1, 0.15) is 11.1 Å². The predicted octanol–water partition coefficient (Wildman–Crippen LogP) is 4.00. The van der Waals surface area contributed by atoms with Gasteiger partial charge in [0.05, 0.1) is 8.48 Å². The lowest BCUT2D eigenvalue weighted by Gasteiger charge is -2.13. The van der Waals surface area contributed by atoms with Gasteiger partial charge in [-0.15, -0.1) is 0 Å². The number of thioether (sulfide) groups is 1. The van der Waals surface area contributed by atoms with Crippen LogP contribution in [0.3, 0.4) is 0 Å². The predicted molar refractivity (Wildman–Crippen MR) is 125 cm³/mol.